The Morgan fingerprint density at radius 2 is 1.76 bits per heavy atom. The first-order valence-corrected chi connectivity index (χ1v) is 9.09. The van der Waals surface area contributed by atoms with Crippen molar-refractivity contribution in [1.29, 1.82) is 0 Å². The third-order valence-corrected chi connectivity index (χ3v) is 7.83. The van der Waals surface area contributed by atoms with Gasteiger partial charge in [0.25, 0.3) is 0 Å². The summed E-state index contributed by atoms with van der Waals surface area (Å²) >= 11 is 1.34. The van der Waals surface area contributed by atoms with Crippen molar-refractivity contribution in [2.24, 2.45) is 11.7 Å². The molecule has 6 heteroatoms. The zero-order valence-electron chi connectivity index (χ0n) is 11.1. The maximum Gasteiger partial charge on any atom is 0.231 e. The van der Waals surface area contributed by atoms with Gasteiger partial charge in [-0.3, -0.25) is 4.79 Å². The second-order valence-electron chi connectivity index (χ2n) is 5.09. The van der Waals surface area contributed by atoms with Crippen LogP contribution in [0.2, 0.25) is 0 Å². The summed E-state index contributed by atoms with van der Waals surface area (Å²) < 4.78 is 25.9. The summed E-state index contributed by atoms with van der Waals surface area (Å²) in [6.07, 6.45) is 7.51. The van der Waals surface area contributed by atoms with Gasteiger partial charge in [-0.25, -0.2) is 8.42 Å². The largest absolute Gasteiger partial charge is 0.369 e. The molecule has 4 nitrogen and oxygen atoms in total. The number of hydrogen-bond acceptors (Lipinski definition) is 4. The molecule has 0 spiro atoms. The van der Waals surface area contributed by atoms with Gasteiger partial charge in [0.15, 0.2) is 9.84 Å². The molecule has 1 aliphatic carbocycles. The van der Waals surface area contributed by atoms with Crippen molar-refractivity contribution in [3.05, 3.63) is 54.6 Å². The van der Waals surface area contributed by atoms with E-state index in [2.05, 4.69) is 0 Å². The van der Waals surface area contributed by atoms with Crippen LogP contribution in [0.25, 0.3) is 0 Å². The number of carbonyl (C=O) groups is 1. The van der Waals surface area contributed by atoms with E-state index in [9.17, 15) is 13.2 Å². The molecule has 0 saturated carbocycles. The summed E-state index contributed by atoms with van der Waals surface area (Å²) in [5, 5.41) is -1.55. The molecule has 0 aromatic heterocycles. The van der Waals surface area contributed by atoms with E-state index < -0.39 is 26.2 Å². The SMILES string of the molecule is NC(=O)C1SC2C=CC=CC2C1S(=O)(=O)c1ccccc1. The molecule has 4 unspecified atom stereocenters. The van der Waals surface area contributed by atoms with E-state index in [4.69, 9.17) is 5.73 Å². The van der Waals surface area contributed by atoms with Crippen LogP contribution in [-0.4, -0.2) is 30.1 Å². The molecule has 0 radical (unpaired) electrons. The number of primary amides is 1. The average Bonchev–Trinajstić information content (AvgIpc) is 2.88. The van der Waals surface area contributed by atoms with Gasteiger partial charge in [0.05, 0.1) is 10.1 Å². The van der Waals surface area contributed by atoms with Crippen LogP contribution in [0.4, 0.5) is 0 Å². The second kappa shape index (κ2) is 5.35. The van der Waals surface area contributed by atoms with Gasteiger partial charge in [-0.1, -0.05) is 42.5 Å². The molecule has 1 fully saturated rings. The predicted molar refractivity (Wildman–Crippen MR) is 83.5 cm³/mol. The Morgan fingerprint density at radius 3 is 2.43 bits per heavy atom. The summed E-state index contributed by atoms with van der Waals surface area (Å²) in [5.41, 5.74) is 5.44. The van der Waals surface area contributed by atoms with Crippen LogP contribution >= 0.6 is 11.8 Å². The highest BCUT2D eigenvalue weighted by Gasteiger charge is 2.51. The van der Waals surface area contributed by atoms with E-state index >= 15 is 0 Å². The number of amides is 1. The fourth-order valence-corrected chi connectivity index (χ4v) is 7.00. The highest BCUT2D eigenvalue weighted by Crippen LogP contribution is 2.46. The number of sulfone groups is 1. The van der Waals surface area contributed by atoms with Crippen molar-refractivity contribution in [3.8, 4) is 0 Å². The minimum atomic E-state index is -3.61. The van der Waals surface area contributed by atoms with Crippen molar-refractivity contribution >= 4 is 27.5 Å². The Labute approximate surface area is 128 Å². The van der Waals surface area contributed by atoms with Crippen LogP contribution in [0.1, 0.15) is 0 Å². The molecular weight excluding hydrogens is 306 g/mol. The first-order valence-electron chi connectivity index (χ1n) is 6.60. The molecule has 1 aromatic rings. The van der Waals surface area contributed by atoms with Crippen LogP contribution < -0.4 is 5.73 Å². The third-order valence-electron chi connectivity index (χ3n) is 3.82. The Kier molecular flexibility index (Phi) is 3.67. The molecule has 21 heavy (non-hydrogen) atoms. The van der Waals surface area contributed by atoms with Gasteiger partial charge in [0, 0.05) is 11.2 Å². The Bertz CT molecular complexity index is 710. The lowest BCUT2D eigenvalue weighted by Crippen LogP contribution is -2.41. The van der Waals surface area contributed by atoms with Gasteiger partial charge >= 0.3 is 0 Å². The second-order valence-corrected chi connectivity index (χ2v) is 8.52. The lowest BCUT2D eigenvalue weighted by atomic mass is 9.95. The summed E-state index contributed by atoms with van der Waals surface area (Å²) in [6.45, 7) is 0. The van der Waals surface area contributed by atoms with E-state index in [1.165, 1.54) is 11.8 Å². The molecule has 2 aliphatic rings. The molecule has 110 valence electrons. The molecular formula is C15H15NO3S2. The number of thioether (sulfide) groups is 1. The lowest BCUT2D eigenvalue weighted by Gasteiger charge is -2.22. The van der Waals surface area contributed by atoms with E-state index in [1.807, 2.05) is 24.3 Å². The Morgan fingerprint density at radius 1 is 1.10 bits per heavy atom. The Balaban J connectivity index is 2.07. The topological polar surface area (TPSA) is 77.2 Å². The van der Waals surface area contributed by atoms with Crippen molar-refractivity contribution in [2.75, 3.05) is 0 Å². The molecule has 1 saturated heterocycles. The van der Waals surface area contributed by atoms with Crippen LogP contribution in [0.3, 0.4) is 0 Å². The molecule has 2 N–H and O–H groups in total. The molecule has 1 amide bonds. The summed E-state index contributed by atoms with van der Waals surface area (Å²) in [7, 11) is -3.61. The quantitative estimate of drug-likeness (QED) is 0.916. The van der Waals surface area contributed by atoms with E-state index in [1.54, 1.807) is 30.3 Å². The first-order chi connectivity index (χ1) is 10.0. The molecule has 1 aromatic carbocycles. The van der Waals surface area contributed by atoms with Gasteiger partial charge in [-0.2, -0.15) is 0 Å². The van der Waals surface area contributed by atoms with Gasteiger partial charge in [-0.05, 0) is 12.1 Å². The van der Waals surface area contributed by atoms with Crippen molar-refractivity contribution in [1.82, 2.24) is 0 Å². The minimum Gasteiger partial charge on any atom is -0.369 e. The summed E-state index contributed by atoms with van der Waals surface area (Å²) in [6, 6.07) is 8.26. The van der Waals surface area contributed by atoms with Gasteiger partial charge < -0.3 is 5.73 Å². The van der Waals surface area contributed by atoms with Crippen molar-refractivity contribution in [3.63, 3.8) is 0 Å². The number of nitrogens with two attached hydrogens (primary N) is 1. The molecule has 0 bridgehead atoms. The minimum absolute atomic E-state index is 0.0176. The average molecular weight is 321 g/mol. The van der Waals surface area contributed by atoms with Crippen LogP contribution in [0, 0.1) is 5.92 Å². The van der Waals surface area contributed by atoms with Crippen LogP contribution in [0.15, 0.2) is 59.5 Å². The van der Waals surface area contributed by atoms with E-state index in [0.717, 1.165) is 0 Å². The number of allylic oxidation sites excluding steroid dienone is 3. The predicted octanol–water partition coefficient (Wildman–Crippen LogP) is 1.54. The third kappa shape index (κ3) is 2.42. The smallest absolute Gasteiger partial charge is 0.231 e. The monoisotopic (exact) mass is 321 g/mol. The fourth-order valence-electron chi connectivity index (χ4n) is 2.85. The zero-order valence-corrected chi connectivity index (χ0v) is 12.8. The maximum atomic E-state index is 12.9. The van der Waals surface area contributed by atoms with Crippen LogP contribution in [0.5, 0.6) is 0 Å². The molecule has 4 atom stereocenters. The zero-order chi connectivity index (χ0) is 15.0. The lowest BCUT2D eigenvalue weighted by molar-refractivity contribution is -0.117. The molecule has 1 heterocycles. The fraction of sp³-hybridized carbons (Fsp3) is 0.267. The number of fused-ring (bicyclic) bond motifs is 1. The van der Waals surface area contributed by atoms with Crippen LogP contribution in [-0.2, 0) is 14.6 Å². The standard InChI is InChI=1S/C15H15NO3S2/c16-15(17)13-14(11-8-4-5-9-12(11)20-13)21(18,19)10-6-2-1-3-7-10/h1-9,11-14H,(H2,16,17). The van der Waals surface area contributed by atoms with Crippen molar-refractivity contribution < 1.29 is 13.2 Å². The van der Waals surface area contributed by atoms with Gasteiger partial charge in [0.2, 0.25) is 5.91 Å². The number of carbonyl (C=O) groups excluding carboxylic acids is 1. The van der Waals surface area contributed by atoms with E-state index in [0.29, 0.717) is 0 Å². The number of benzene rings is 1. The van der Waals surface area contributed by atoms with Gasteiger partial charge in [-0.15, -0.1) is 11.8 Å². The molecule has 3 rings (SSSR count). The number of rotatable bonds is 3. The molecule has 1 aliphatic heterocycles. The number of hydrogen-bond donors (Lipinski definition) is 1. The summed E-state index contributed by atoms with van der Waals surface area (Å²) in [4.78, 5) is 12.0. The first kappa shape index (κ1) is 14.4. The van der Waals surface area contributed by atoms with E-state index in [-0.39, 0.29) is 16.1 Å². The van der Waals surface area contributed by atoms with Crippen molar-refractivity contribution in [2.45, 2.75) is 20.6 Å². The highest BCUT2D eigenvalue weighted by atomic mass is 32.2. The Hall–Kier alpha value is -1.53. The normalized spacial score (nSPS) is 31.0. The van der Waals surface area contributed by atoms with Gasteiger partial charge in [0.1, 0.15) is 5.25 Å². The highest BCUT2D eigenvalue weighted by molar-refractivity contribution is 8.03. The summed E-state index contributed by atoms with van der Waals surface area (Å²) in [5.74, 6) is -0.789. The maximum absolute atomic E-state index is 12.9.